The number of nitrogens with zero attached hydrogens (tertiary/aromatic N) is 1. The Balaban J connectivity index is 2.58. The minimum Gasteiger partial charge on any atom is -0.347 e. The number of carbonyl (C=O) groups excluding carboxylic acids is 2. The van der Waals surface area contributed by atoms with Crippen LogP contribution in [0.25, 0.3) is 0 Å². The number of hydrogen-bond acceptors (Lipinski definition) is 2. The normalized spacial score (nSPS) is 12.5. The third-order valence-corrected chi connectivity index (χ3v) is 3.69. The van der Waals surface area contributed by atoms with Crippen LogP contribution in [0.4, 0.5) is 4.79 Å². The summed E-state index contributed by atoms with van der Waals surface area (Å²) in [6, 6.07) is 6.64. The first kappa shape index (κ1) is 18.3. The van der Waals surface area contributed by atoms with Crippen molar-refractivity contribution in [2.45, 2.75) is 32.2 Å². The molecule has 122 valence electrons. The lowest BCUT2D eigenvalue weighted by molar-refractivity contribution is -0.130. The summed E-state index contributed by atoms with van der Waals surface area (Å²) >= 11 is 6.01. The van der Waals surface area contributed by atoms with Crippen LogP contribution in [-0.2, 0) is 10.2 Å². The van der Waals surface area contributed by atoms with Gasteiger partial charge in [-0.1, -0.05) is 37.6 Å². The molecule has 0 aromatic heterocycles. The van der Waals surface area contributed by atoms with E-state index in [1.54, 1.807) is 21.0 Å². The lowest BCUT2D eigenvalue weighted by atomic mass is 9.85. The highest BCUT2D eigenvalue weighted by Gasteiger charge is 2.23. The van der Waals surface area contributed by atoms with Crippen molar-refractivity contribution >= 4 is 23.5 Å². The summed E-state index contributed by atoms with van der Waals surface area (Å²) in [6.45, 7) is 6.13. The maximum absolute atomic E-state index is 11.9. The molecule has 1 atom stereocenters. The molecule has 0 saturated carbocycles. The second kappa shape index (κ2) is 7.49. The van der Waals surface area contributed by atoms with Crippen LogP contribution in [0.2, 0.25) is 5.02 Å². The second-order valence-electron chi connectivity index (χ2n) is 6.18. The Labute approximate surface area is 137 Å². The zero-order valence-electron chi connectivity index (χ0n) is 13.7. The molecule has 22 heavy (non-hydrogen) atoms. The molecule has 0 aliphatic rings. The minimum absolute atomic E-state index is 0.149. The van der Waals surface area contributed by atoms with Crippen LogP contribution in [-0.4, -0.2) is 43.5 Å². The minimum atomic E-state index is -0.565. The molecule has 5 nitrogen and oxygen atoms in total. The molecular formula is C16H24ClN3O2. The van der Waals surface area contributed by atoms with E-state index >= 15 is 0 Å². The molecule has 0 spiro atoms. The van der Waals surface area contributed by atoms with Crippen molar-refractivity contribution < 1.29 is 9.59 Å². The van der Waals surface area contributed by atoms with Gasteiger partial charge in [-0.15, -0.1) is 0 Å². The van der Waals surface area contributed by atoms with Gasteiger partial charge in [0.2, 0.25) is 5.91 Å². The predicted octanol–water partition coefficient (Wildman–Crippen LogP) is 2.39. The average Bonchev–Trinajstić information content (AvgIpc) is 2.44. The average molecular weight is 326 g/mol. The highest BCUT2D eigenvalue weighted by molar-refractivity contribution is 6.30. The molecule has 6 heteroatoms. The lowest BCUT2D eigenvalue weighted by Gasteiger charge is -2.26. The van der Waals surface area contributed by atoms with Gasteiger partial charge in [0.15, 0.2) is 0 Å². The van der Waals surface area contributed by atoms with Gasteiger partial charge >= 0.3 is 6.03 Å². The van der Waals surface area contributed by atoms with Crippen molar-refractivity contribution in [3.05, 3.63) is 34.9 Å². The fraction of sp³-hybridized carbons (Fsp3) is 0.500. The topological polar surface area (TPSA) is 61.4 Å². The molecule has 0 saturated heterocycles. The Morgan fingerprint density at radius 1 is 1.32 bits per heavy atom. The highest BCUT2D eigenvalue weighted by Crippen LogP contribution is 2.24. The van der Waals surface area contributed by atoms with Crippen molar-refractivity contribution in [1.29, 1.82) is 0 Å². The van der Waals surface area contributed by atoms with E-state index < -0.39 is 6.04 Å². The first-order chi connectivity index (χ1) is 10.1. The first-order valence-corrected chi connectivity index (χ1v) is 7.53. The molecule has 1 aromatic rings. The van der Waals surface area contributed by atoms with Crippen molar-refractivity contribution in [1.82, 2.24) is 15.5 Å². The highest BCUT2D eigenvalue weighted by atomic mass is 35.5. The summed E-state index contributed by atoms with van der Waals surface area (Å²) in [5.41, 5.74) is 0.773. The Morgan fingerprint density at radius 2 is 1.95 bits per heavy atom. The van der Waals surface area contributed by atoms with Crippen molar-refractivity contribution in [3.63, 3.8) is 0 Å². The zero-order chi connectivity index (χ0) is 16.9. The third kappa shape index (κ3) is 5.22. The smallest absolute Gasteiger partial charge is 0.315 e. The first-order valence-electron chi connectivity index (χ1n) is 7.15. The Morgan fingerprint density at radius 3 is 2.50 bits per heavy atom. The van der Waals surface area contributed by atoms with E-state index in [0.29, 0.717) is 11.6 Å². The molecule has 0 heterocycles. The van der Waals surface area contributed by atoms with Crippen molar-refractivity contribution in [3.8, 4) is 0 Å². The van der Waals surface area contributed by atoms with E-state index in [2.05, 4.69) is 10.6 Å². The van der Waals surface area contributed by atoms with E-state index in [4.69, 9.17) is 11.6 Å². The van der Waals surface area contributed by atoms with Gasteiger partial charge in [0.25, 0.3) is 0 Å². The molecular weight excluding hydrogens is 302 g/mol. The van der Waals surface area contributed by atoms with Crippen LogP contribution in [0.3, 0.4) is 0 Å². The number of nitrogens with one attached hydrogen (secondary N) is 2. The molecule has 1 unspecified atom stereocenters. The molecule has 0 bridgehead atoms. The molecule has 0 fully saturated rings. The van der Waals surface area contributed by atoms with E-state index in [-0.39, 0.29) is 17.4 Å². The van der Waals surface area contributed by atoms with E-state index in [9.17, 15) is 9.59 Å². The van der Waals surface area contributed by atoms with Crippen LogP contribution in [0, 0.1) is 0 Å². The number of hydrogen-bond donors (Lipinski definition) is 2. The third-order valence-electron chi connectivity index (χ3n) is 3.46. The van der Waals surface area contributed by atoms with Crippen molar-refractivity contribution in [2.24, 2.45) is 0 Å². The van der Waals surface area contributed by atoms with Gasteiger partial charge in [0.1, 0.15) is 6.04 Å². The largest absolute Gasteiger partial charge is 0.347 e. The van der Waals surface area contributed by atoms with Crippen LogP contribution in [0.5, 0.6) is 0 Å². The van der Waals surface area contributed by atoms with Gasteiger partial charge in [-0.2, -0.15) is 0 Å². The van der Waals surface area contributed by atoms with Gasteiger partial charge in [0.05, 0.1) is 0 Å². The summed E-state index contributed by atoms with van der Waals surface area (Å²) in [5, 5.41) is 6.10. The molecule has 2 N–H and O–H groups in total. The maximum Gasteiger partial charge on any atom is 0.315 e. The molecule has 3 amide bonds. The maximum atomic E-state index is 11.9. The fourth-order valence-electron chi connectivity index (χ4n) is 2.01. The van der Waals surface area contributed by atoms with Crippen LogP contribution in [0.1, 0.15) is 26.3 Å². The van der Waals surface area contributed by atoms with Crippen LogP contribution < -0.4 is 10.6 Å². The Bertz CT molecular complexity index is 544. The number of amides is 3. The molecule has 0 radical (unpaired) electrons. The summed E-state index contributed by atoms with van der Waals surface area (Å²) in [7, 11) is 3.31. The van der Waals surface area contributed by atoms with Gasteiger partial charge in [-0.05, 0) is 24.6 Å². The number of urea groups is 1. The van der Waals surface area contributed by atoms with Crippen LogP contribution >= 0.6 is 11.6 Å². The van der Waals surface area contributed by atoms with Gasteiger partial charge in [-0.25, -0.2) is 4.79 Å². The number of halogens is 1. The molecule has 0 aliphatic heterocycles. The van der Waals surface area contributed by atoms with Gasteiger partial charge in [-0.3, -0.25) is 4.79 Å². The monoisotopic (exact) mass is 325 g/mol. The van der Waals surface area contributed by atoms with Crippen molar-refractivity contribution in [2.75, 3.05) is 20.6 Å². The second-order valence-corrected chi connectivity index (χ2v) is 6.61. The SMILES string of the molecule is CC(NC(=O)NCC(C)(C)c1cccc(Cl)c1)C(=O)N(C)C. The number of benzene rings is 1. The summed E-state index contributed by atoms with van der Waals surface area (Å²) in [4.78, 5) is 25.1. The number of rotatable bonds is 5. The number of likely N-dealkylation sites (N-methyl/N-ethyl adjacent to an activating group) is 1. The van der Waals surface area contributed by atoms with E-state index in [1.807, 2.05) is 38.1 Å². The summed E-state index contributed by atoms with van der Waals surface area (Å²) in [6.07, 6.45) is 0. The fourth-order valence-corrected chi connectivity index (χ4v) is 2.20. The number of carbonyl (C=O) groups is 2. The van der Waals surface area contributed by atoms with E-state index in [0.717, 1.165) is 5.56 Å². The zero-order valence-corrected chi connectivity index (χ0v) is 14.5. The molecule has 1 rings (SSSR count). The lowest BCUT2D eigenvalue weighted by Crippen LogP contribution is -2.50. The predicted molar refractivity (Wildman–Crippen MR) is 89.2 cm³/mol. The van der Waals surface area contributed by atoms with Gasteiger partial charge in [0, 0.05) is 31.1 Å². The Kier molecular flexibility index (Phi) is 6.23. The summed E-state index contributed by atoms with van der Waals surface area (Å²) < 4.78 is 0. The Hall–Kier alpha value is -1.75. The quantitative estimate of drug-likeness (QED) is 0.873. The molecule has 0 aliphatic carbocycles. The summed E-state index contributed by atoms with van der Waals surface area (Å²) in [5.74, 6) is -0.149. The van der Waals surface area contributed by atoms with E-state index in [1.165, 1.54) is 4.90 Å². The molecule has 1 aromatic carbocycles. The van der Waals surface area contributed by atoms with Crippen LogP contribution in [0.15, 0.2) is 24.3 Å². The van der Waals surface area contributed by atoms with Gasteiger partial charge < -0.3 is 15.5 Å². The standard InChI is InChI=1S/C16H24ClN3O2/c1-11(14(21)20(4)5)19-15(22)18-10-16(2,3)12-7-6-8-13(17)9-12/h6-9,11H,10H2,1-5H3,(H2,18,19,22).